The number of nitrogens with zero attached hydrogens (tertiary/aromatic N) is 5. The second-order valence-electron chi connectivity index (χ2n) is 11.2. The van der Waals surface area contributed by atoms with Crippen molar-refractivity contribution in [2.24, 2.45) is 0 Å². The number of hydrogen-bond acceptors (Lipinski definition) is 7. The van der Waals surface area contributed by atoms with Crippen molar-refractivity contribution in [1.82, 2.24) is 24.3 Å². The molecular formula is C31H35Cl2N7O2. The van der Waals surface area contributed by atoms with Gasteiger partial charge in [-0.1, -0.05) is 29.3 Å². The molecule has 4 aromatic rings. The number of methoxy groups -OCH3 is 1. The van der Waals surface area contributed by atoms with Crippen molar-refractivity contribution in [1.29, 1.82) is 0 Å². The summed E-state index contributed by atoms with van der Waals surface area (Å²) < 4.78 is 7.97. The number of ether oxygens (including phenoxy) is 1. The fourth-order valence-corrected chi connectivity index (χ4v) is 6.81. The molecule has 6 rings (SSSR count). The third-order valence-corrected chi connectivity index (χ3v) is 9.24. The summed E-state index contributed by atoms with van der Waals surface area (Å²) in [5.74, 6) is 0.590. The van der Waals surface area contributed by atoms with E-state index in [1.165, 1.54) is 19.2 Å². The van der Waals surface area contributed by atoms with Crippen LogP contribution in [0.5, 0.6) is 5.75 Å². The van der Waals surface area contributed by atoms with Gasteiger partial charge in [-0.25, -0.2) is 9.97 Å². The average Bonchev–Trinajstić information content (AvgIpc) is 3.39. The van der Waals surface area contributed by atoms with E-state index in [0.717, 1.165) is 61.2 Å². The number of nitrogens with two attached hydrogens (primary N) is 1. The highest BCUT2D eigenvalue weighted by Gasteiger charge is 2.30. The first-order valence-corrected chi connectivity index (χ1v) is 15.1. The van der Waals surface area contributed by atoms with Crippen molar-refractivity contribution in [3.8, 4) is 16.9 Å². The number of carbonyl (C=O) groups excluding carboxylic acids is 1. The summed E-state index contributed by atoms with van der Waals surface area (Å²) in [5, 5.41) is 4.46. The molecule has 3 heterocycles. The molecule has 42 heavy (non-hydrogen) atoms. The Morgan fingerprint density at radius 2 is 1.74 bits per heavy atom. The lowest BCUT2D eigenvalue weighted by Crippen LogP contribution is -2.49. The molecule has 2 aliphatic rings. The molecular weight excluding hydrogens is 573 g/mol. The Labute approximate surface area is 255 Å². The summed E-state index contributed by atoms with van der Waals surface area (Å²) in [6.07, 6.45) is 8.21. The second-order valence-corrected chi connectivity index (χ2v) is 12.0. The van der Waals surface area contributed by atoms with Crippen LogP contribution >= 0.6 is 23.2 Å². The molecule has 220 valence electrons. The molecule has 1 amide bonds. The molecule has 0 unspecified atom stereocenters. The maximum Gasteiger partial charge on any atom is 0.257 e. The fraction of sp³-hybridized carbons (Fsp3) is 0.387. The van der Waals surface area contributed by atoms with Gasteiger partial charge in [0.2, 0.25) is 0 Å². The predicted octanol–water partition coefficient (Wildman–Crippen LogP) is 5.98. The van der Waals surface area contributed by atoms with Gasteiger partial charge in [0.1, 0.15) is 23.5 Å². The maximum atomic E-state index is 13.0. The number of aromatic nitrogens is 3. The SMILES string of the molecule is COc1cc(-c2cn(C3CCC(N4CCN(C)CC4)CC3)c3ncnc(N)c23)ccc1NC(=O)c1ccc(Cl)cc1Cl. The number of nitrogen functional groups attached to an aromatic ring is 1. The zero-order valence-corrected chi connectivity index (χ0v) is 25.3. The third kappa shape index (κ3) is 5.66. The van der Waals surface area contributed by atoms with E-state index in [1.807, 2.05) is 18.2 Å². The topological polar surface area (TPSA) is 102 Å². The van der Waals surface area contributed by atoms with Crippen molar-refractivity contribution >= 4 is 51.6 Å². The monoisotopic (exact) mass is 607 g/mol. The Bertz CT molecular complexity index is 1610. The highest BCUT2D eigenvalue weighted by Crippen LogP contribution is 2.41. The lowest BCUT2D eigenvalue weighted by atomic mass is 9.89. The molecule has 2 aromatic carbocycles. The molecule has 2 fully saturated rings. The minimum Gasteiger partial charge on any atom is -0.495 e. The van der Waals surface area contributed by atoms with Crippen LogP contribution in [0.4, 0.5) is 11.5 Å². The zero-order valence-electron chi connectivity index (χ0n) is 23.8. The second kappa shape index (κ2) is 12.1. The summed E-state index contributed by atoms with van der Waals surface area (Å²) in [7, 11) is 3.77. The highest BCUT2D eigenvalue weighted by atomic mass is 35.5. The third-order valence-electron chi connectivity index (χ3n) is 8.69. The van der Waals surface area contributed by atoms with Gasteiger partial charge in [0.25, 0.3) is 5.91 Å². The van der Waals surface area contributed by atoms with E-state index in [-0.39, 0.29) is 10.9 Å². The average molecular weight is 609 g/mol. The van der Waals surface area contributed by atoms with Gasteiger partial charge in [-0.05, 0) is 68.6 Å². The zero-order chi connectivity index (χ0) is 29.4. The van der Waals surface area contributed by atoms with Gasteiger partial charge in [0, 0.05) is 55.0 Å². The predicted molar refractivity (Wildman–Crippen MR) is 169 cm³/mol. The molecule has 3 N–H and O–H groups in total. The number of fused-ring (bicyclic) bond motifs is 1. The summed E-state index contributed by atoms with van der Waals surface area (Å²) in [4.78, 5) is 27.0. The Hall–Kier alpha value is -3.37. The quantitative estimate of drug-likeness (QED) is 0.278. The Morgan fingerprint density at radius 3 is 2.45 bits per heavy atom. The highest BCUT2D eigenvalue weighted by molar-refractivity contribution is 6.37. The van der Waals surface area contributed by atoms with Gasteiger partial charge in [-0.15, -0.1) is 0 Å². The first-order chi connectivity index (χ1) is 20.3. The number of likely N-dealkylation sites (N-methyl/N-ethyl adjacent to an activating group) is 1. The van der Waals surface area contributed by atoms with Gasteiger partial charge in [0.05, 0.1) is 28.8 Å². The van der Waals surface area contributed by atoms with E-state index in [4.69, 9.17) is 33.7 Å². The van der Waals surface area contributed by atoms with Gasteiger partial charge in [-0.3, -0.25) is 9.69 Å². The molecule has 1 aliphatic carbocycles. The van der Waals surface area contributed by atoms with Crippen LogP contribution in [0.25, 0.3) is 22.2 Å². The van der Waals surface area contributed by atoms with E-state index in [0.29, 0.717) is 39.9 Å². The van der Waals surface area contributed by atoms with Crippen LogP contribution in [0.1, 0.15) is 42.1 Å². The van der Waals surface area contributed by atoms with Gasteiger partial charge in [0.15, 0.2) is 0 Å². The van der Waals surface area contributed by atoms with E-state index in [2.05, 4.69) is 42.9 Å². The number of piperazine rings is 1. The Morgan fingerprint density at radius 1 is 1.00 bits per heavy atom. The van der Waals surface area contributed by atoms with Crippen molar-refractivity contribution in [3.63, 3.8) is 0 Å². The number of amides is 1. The van der Waals surface area contributed by atoms with Gasteiger partial charge < -0.3 is 25.3 Å². The Kier molecular flexibility index (Phi) is 8.27. The van der Waals surface area contributed by atoms with E-state index in [1.54, 1.807) is 25.3 Å². The lowest BCUT2D eigenvalue weighted by Gasteiger charge is -2.41. The molecule has 11 heteroatoms. The lowest BCUT2D eigenvalue weighted by molar-refractivity contribution is 0.0828. The largest absolute Gasteiger partial charge is 0.495 e. The van der Waals surface area contributed by atoms with Crippen LogP contribution < -0.4 is 15.8 Å². The Balaban J connectivity index is 1.26. The molecule has 9 nitrogen and oxygen atoms in total. The number of rotatable bonds is 6. The summed E-state index contributed by atoms with van der Waals surface area (Å²) in [5.41, 5.74) is 9.95. The minimum atomic E-state index is -0.357. The van der Waals surface area contributed by atoms with Gasteiger partial charge >= 0.3 is 0 Å². The van der Waals surface area contributed by atoms with Crippen molar-refractivity contribution in [3.05, 3.63) is 64.5 Å². The van der Waals surface area contributed by atoms with E-state index in [9.17, 15) is 4.79 Å². The number of hydrogen-bond donors (Lipinski definition) is 2. The molecule has 0 bridgehead atoms. The molecule has 0 atom stereocenters. The number of halogens is 2. The standard InChI is InChI=1S/C31H35Cl2N7O2/c1-38-11-13-39(14-12-38)21-5-7-22(8-6-21)40-17-24(28-29(34)35-18-36-30(28)40)19-3-10-26(27(15-19)42-2)37-31(41)23-9-4-20(32)16-25(23)33/h3-4,9-10,15-18,21-22H,5-8,11-14H2,1-2H3,(H,37,41)(H2,34,35,36). The molecule has 1 saturated carbocycles. The molecule has 2 aromatic heterocycles. The molecule has 1 saturated heterocycles. The first-order valence-electron chi connectivity index (χ1n) is 14.3. The summed E-state index contributed by atoms with van der Waals surface area (Å²) >= 11 is 12.2. The van der Waals surface area contributed by atoms with Crippen molar-refractivity contribution in [2.75, 3.05) is 51.4 Å². The van der Waals surface area contributed by atoms with Crippen LogP contribution in [0.2, 0.25) is 10.0 Å². The molecule has 1 aliphatic heterocycles. The van der Waals surface area contributed by atoms with Crippen LogP contribution in [0.3, 0.4) is 0 Å². The fourth-order valence-electron chi connectivity index (χ4n) is 6.32. The van der Waals surface area contributed by atoms with Crippen LogP contribution in [-0.2, 0) is 0 Å². The van der Waals surface area contributed by atoms with E-state index >= 15 is 0 Å². The van der Waals surface area contributed by atoms with Crippen molar-refractivity contribution in [2.45, 2.75) is 37.8 Å². The number of benzene rings is 2. The maximum absolute atomic E-state index is 13.0. The first kappa shape index (κ1) is 28.7. The smallest absolute Gasteiger partial charge is 0.257 e. The van der Waals surface area contributed by atoms with Crippen LogP contribution in [-0.4, -0.2) is 76.6 Å². The number of anilines is 2. The number of carbonyl (C=O) groups is 1. The molecule has 0 radical (unpaired) electrons. The molecule has 0 spiro atoms. The van der Waals surface area contributed by atoms with Crippen molar-refractivity contribution < 1.29 is 9.53 Å². The normalized spacial score (nSPS) is 20.1. The van der Waals surface area contributed by atoms with Crippen LogP contribution in [0.15, 0.2) is 48.9 Å². The van der Waals surface area contributed by atoms with E-state index < -0.39 is 0 Å². The summed E-state index contributed by atoms with van der Waals surface area (Å²) in [6, 6.07) is 11.4. The summed E-state index contributed by atoms with van der Waals surface area (Å²) in [6.45, 7) is 4.58. The van der Waals surface area contributed by atoms with Gasteiger partial charge in [-0.2, -0.15) is 0 Å². The van der Waals surface area contributed by atoms with Crippen LogP contribution in [0, 0.1) is 0 Å². The number of nitrogens with one attached hydrogen (secondary N) is 1. The minimum absolute atomic E-state index is 0.274.